The molecule has 0 spiro atoms. The van der Waals surface area contributed by atoms with Gasteiger partial charge in [0.25, 0.3) is 0 Å². The van der Waals surface area contributed by atoms with E-state index in [9.17, 15) is 4.39 Å². The van der Waals surface area contributed by atoms with Crippen LogP contribution >= 0.6 is 0 Å². The van der Waals surface area contributed by atoms with Crippen LogP contribution in [0.15, 0.2) is 97.1 Å². The van der Waals surface area contributed by atoms with Crippen molar-refractivity contribution >= 4 is 17.1 Å². The Kier molecular flexibility index (Phi) is 4.69. The normalized spacial score (nSPS) is 11.3. The van der Waals surface area contributed by atoms with Crippen LogP contribution in [0.4, 0.5) is 21.5 Å². The largest absolute Gasteiger partial charge is 0.399 e. The van der Waals surface area contributed by atoms with Crippen LogP contribution < -0.4 is 17.2 Å². The number of benzene rings is 4. The van der Waals surface area contributed by atoms with E-state index >= 15 is 0 Å². The van der Waals surface area contributed by atoms with Gasteiger partial charge >= 0.3 is 0 Å². The van der Waals surface area contributed by atoms with Gasteiger partial charge in [-0.25, -0.2) is 4.39 Å². The lowest BCUT2D eigenvalue weighted by molar-refractivity contribution is 0.624. The number of nitrogen functional groups attached to an aromatic ring is 3. The van der Waals surface area contributed by atoms with Crippen LogP contribution in [0.1, 0.15) is 22.3 Å². The number of rotatable bonds is 4. The summed E-state index contributed by atoms with van der Waals surface area (Å²) in [5.41, 5.74) is 23.2. The number of hydrogen-bond donors (Lipinski definition) is 3. The fourth-order valence-corrected chi connectivity index (χ4v) is 3.90. The van der Waals surface area contributed by atoms with Crippen molar-refractivity contribution in [2.45, 2.75) is 5.41 Å². The molecule has 0 aliphatic heterocycles. The molecule has 0 amide bonds. The molecule has 3 nitrogen and oxygen atoms in total. The Morgan fingerprint density at radius 1 is 0.414 bits per heavy atom. The first-order valence-electron chi connectivity index (χ1n) is 9.34. The third-order valence-electron chi connectivity index (χ3n) is 5.31. The molecule has 0 aliphatic rings. The topological polar surface area (TPSA) is 78.1 Å². The fourth-order valence-electron chi connectivity index (χ4n) is 3.90. The molecule has 0 bridgehead atoms. The van der Waals surface area contributed by atoms with E-state index in [1.165, 1.54) is 12.1 Å². The van der Waals surface area contributed by atoms with Crippen LogP contribution in [0, 0.1) is 5.82 Å². The molecule has 0 aliphatic carbocycles. The van der Waals surface area contributed by atoms with E-state index in [1.807, 2.05) is 84.9 Å². The lowest BCUT2D eigenvalue weighted by atomic mass is 9.65. The highest BCUT2D eigenvalue weighted by Gasteiger charge is 2.38. The molecule has 0 aromatic heterocycles. The third-order valence-corrected chi connectivity index (χ3v) is 5.31. The van der Waals surface area contributed by atoms with E-state index in [1.54, 1.807) is 0 Å². The Balaban J connectivity index is 2.11. The summed E-state index contributed by atoms with van der Waals surface area (Å²) >= 11 is 0. The Morgan fingerprint density at radius 3 is 0.931 bits per heavy atom. The average Bonchev–Trinajstić information content (AvgIpc) is 2.73. The second-order valence-electron chi connectivity index (χ2n) is 7.12. The van der Waals surface area contributed by atoms with Gasteiger partial charge in [0.1, 0.15) is 5.82 Å². The van der Waals surface area contributed by atoms with E-state index < -0.39 is 5.41 Å². The highest BCUT2D eigenvalue weighted by Crippen LogP contribution is 2.45. The van der Waals surface area contributed by atoms with E-state index in [-0.39, 0.29) is 5.82 Å². The summed E-state index contributed by atoms with van der Waals surface area (Å²) < 4.78 is 13.8. The van der Waals surface area contributed by atoms with Gasteiger partial charge in [0.15, 0.2) is 0 Å². The number of nitrogens with two attached hydrogens (primary N) is 3. The first kappa shape index (κ1) is 18.6. The minimum Gasteiger partial charge on any atom is -0.399 e. The quantitative estimate of drug-likeness (QED) is 0.344. The number of halogens is 1. The molecule has 0 radical (unpaired) electrons. The predicted molar refractivity (Wildman–Crippen MR) is 118 cm³/mol. The van der Waals surface area contributed by atoms with Gasteiger partial charge in [0, 0.05) is 17.1 Å². The Hall–Kier alpha value is -3.79. The molecule has 4 aromatic carbocycles. The van der Waals surface area contributed by atoms with Crippen molar-refractivity contribution in [2.75, 3.05) is 17.2 Å². The Labute approximate surface area is 169 Å². The summed E-state index contributed by atoms with van der Waals surface area (Å²) in [6.07, 6.45) is 0. The summed E-state index contributed by atoms with van der Waals surface area (Å²) in [7, 11) is 0. The minimum absolute atomic E-state index is 0.283. The van der Waals surface area contributed by atoms with Crippen molar-refractivity contribution in [1.29, 1.82) is 0 Å². The molecule has 29 heavy (non-hydrogen) atoms. The molecule has 0 heterocycles. The lowest BCUT2D eigenvalue weighted by Crippen LogP contribution is -2.31. The van der Waals surface area contributed by atoms with E-state index in [4.69, 9.17) is 17.2 Å². The highest BCUT2D eigenvalue weighted by molar-refractivity contribution is 5.63. The highest BCUT2D eigenvalue weighted by atomic mass is 19.1. The van der Waals surface area contributed by atoms with E-state index in [0.717, 1.165) is 22.3 Å². The number of anilines is 3. The van der Waals surface area contributed by atoms with Crippen LogP contribution in [0.3, 0.4) is 0 Å². The zero-order chi connectivity index (χ0) is 20.4. The molecule has 0 unspecified atom stereocenters. The lowest BCUT2D eigenvalue weighted by Gasteiger charge is -2.37. The predicted octanol–water partition coefficient (Wildman–Crippen LogP) is 4.96. The van der Waals surface area contributed by atoms with Crippen molar-refractivity contribution < 1.29 is 4.39 Å². The molecule has 4 rings (SSSR count). The Bertz CT molecular complexity index is 913. The van der Waals surface area contributed by atoms with Gasteiger partial charge in [-0.15, -0.1) is 0 Å². The third kappa shape index (κ3) is 3.29. The van der Waals surface area contributed by atoms with Crippen molar-refractivity contribution in [1.82, 2.24) is 0 Å². The smallest absolute Gasteiger partial charge is 0.123 e. The summed E-state index contributed by atoms with van der Waals surface area (Å²) in [6.45, 7) is 0. The van der Waals surface area contributed by atoms with Gasteiger partial charge in [-0.3, -0.25) is 0 Å². The summed E-state index contributed by atoms with van der Waals surface area (Å²) in [5, 5.41) is 0. The monoisotopic (exact) mass is 383 g/mol. The fraction of sp³-hybridized carbons (Fsp3) is 0.0400. The second-order valence-corrected chi connectivity index (χ2v) is 7.12. The molecule has 4 heteroatoms. The molecule has 144 valence electrons. The van der Waals surface area contributed by atoms with Crippen LogP contribution in [0.2, 0.25) is 0 Å². The van der Waals surface area contributed by atoms with Gasteiger partial charge in [-0.1, -0.05) is 48.5 Å². The minimum atomic E-state index is -0.692. The van der Waals surface area contributed by atoms with Crippen molar-refractivity contribution in [3.63, 3.8) is 0 Å². The maximum Gasteiger partial charge on any atom is 0.123 e. The zero-order valence-corrected chi connectivity index (χ0v) is 15.8. The zero-order valence-electron chi connectivity index (χ0n) is 15.8. The van der Waals surface area contributed by atoms with Crippen molar-refractivity contribution in [2.24, 2.45) is 0 Å². The maximum absolute atomic E-state index is 13.8. The first-order valence-corrected chi connectivity index (χ1v) is 9.34. The molecule has 0 atom stereocenters. The van der Waals surface area contributed by atoms with Gasteiger partial charge in [-0.2, -0.15) is 0 Å². The maximum atomic E-state index is 13.8. The molecule has 6 N–H and O–H groups in total. The average molecular weight is 383 g/mol. The molecule has 4 aromatic rings. The number of hydrogen-bond acceptors (Lipinski definition) is 3. The molecular weight excluding hydrogens is 361 g/mol. The van der Waals surface area contributed by atoms with E-state index in [2.05, 4.69) is 0 Å². The van der Waals surface area contributed by atoms with Gasteiger partial charge in [0.05, 0.1) is 5.41 Å². The molecule has 0 saturated heterocycles. The van der Waals surface area contributed by atoms with Crippen LogP contribution in [-0.4, -0.2) is 0 Å². The van der Waals surface area contributed by atoms with E-state index in [0.29, 0.717) is 17.1 Å². The summed E-state index contributed by atoms with van der Waals surface area (Å²) in [4.78, 5) is 0. The van der Waals surface area contributed by atoms with Gasteiger partial charge in [-0.05, 0) is 70.8 Å². The van der Waals surface area contributed by atoms with Crippen molar-refractivity contribution in [3.8, 4) is 0 Å². The van der Waals surface area contributed by atoms with Crippen LogP contribution in [0.25, 0.3) is 0 Å². The summed E-state index contributed by atoms with van der Waals surface area (Å²) in [6, 6.07) is 29.9. The van der Waals surface area contributed by atoms with Gasteiger partial charge < -0.3 is 17.2 Å². The standard InChI is InChI=1S/C25H22FN3/c26-21-9-1-17(2-10-21)25(18-3-11-22(27)12-4-18,19-5-13-23(28)14-6-19)20-7-15-24(29)16-8-20/h1-16H,27-29H2. The molecular formula is C25H22FN3. The molecule has 0 saturated carbocycles. The first-order chi connectivity index (χ1) is 14.0. The van der Waals surface area contributed by atoms with Crippen molar-refractivity contribution in [3.05, 3.63) is 125 Å². The molecule has 0 fully saturated rings. The SMILES string of the molecule is Nc1ccc(C(c2ccc(N)cc2)(c2ccc(N)cc2)c2ccc(F)cc2)cc1. The summed E-state index contributed by atoms with van der Waals surface area (Å²) in [5.74, 6) is -0.283. The van der Waals surface area contributed by atoms with Gasteiger partial charge in [0.2, 0.25) is 0 Å². The second kappa shape index (κ2) is 7.32. The Morgan fingerprint density at radius 2 is 0.655 bits per heavy atom. The van der Waals surface area contributed by atoms with Crippen LogP contribution in [0.5, 0.6) is 0 Å². The van der Waals surface area contributed by atoms with Crippen LogP contribution in [-0.2, 0) is 5.41 Å².